The maximum Gasteiger partial charge on any atom is 0.337 e. The Balaban J connectivity index is 1.63. The van der Waals surface area contributed by atoms with Gasteiger partial charge in [0.25, 0.3) is 0 Å². The molecule has 1 N–H and O–H groups in total. The number of hydrogen-bond donors (Lipinski definition) is 1. The normalized spacial score (nSPS) is 27.0. The van der Waals surface area contributed by atoms with Crippen LogP contribution >= 0.6 is 0 Å². The molecule has 3 rings (SSSR count). The Bertz CT molecular complexity index is 653. The molecule has 0 saturated heterocycles. The molecule has 0 radical (unpaired) electrons. The van der Waals surface area contributed by atoms with Crippen LogP contribution in [0.1, 0.15) is 41.6 Å². The van der Waals surface area contributed by atoms with E-state index in [1.807, 2.05) is 0 Å². The summed E-state index contributed by atoms with van der Waals surface area (Å²) in [5.74, 6) is 0.746. The number of esters is 1. The molecule has 2 bridgehead atoms. The van der Waals surface area contributed by atoms with Gasteiger partial charge in [0, 0.05) is 6.04 Å². The molecule has 3 unspecified atom stereocenters. The van der Waals surface area contributed by atoms with E-state index in [-0.39, 0.29) is 11.8 Å². The number of methoxy groups -OCH3 is 1. The summed E-state index contributed by atoms with van der Waals surface area (Å²) in [6.07, 6.45) is 4.54. The van der Waals surface area contributed by atoms with E-state index in [0.717, 1.165) is 12.8 Å². The van der Waals surface area contributed by atoms with Crippen LogP contribution in [0.4, 0.5) is 0 Å². The largest absolute Gasteiger partial charge is 0.465 e. The van der Waals surface area contributed by atoms with Crippen LogP contribution in [0.2, 0.25) is 0 Å². The Morgan fingerprint density at radius 2 is 1.95 bits per heavy atom. The van der Waals surface area contributed by atoms with Crippen LogP contribution in [-0.4, -0.2) is 27.5 Å². The molecule has 2 aliphatic rings. The third-order valence-corrected chi connectivity index (χ3v) is 6.18. The predicted octanol–water partition coefficient (Wildman–Crippen LogP) is 2.08. The molecule has 1 aromatic carbocycles. The van der Waals surface area contributed by atoms with Crippen LogP contribution in [0.25, 0.3) is 0 Å². The van der Waals surface area contributed by atoms with Crippen molar-refractivity contribution in [1.29, 1.82) is 0 Å². The number of hydrogen-bond acceptors (Lipinski definition) is 4. The smallest absolute Gasteiger partial charge is 0.337 e. The summed E-state index contributed by atoms with van der Waals surface area (Å²) in [6.45, 7) is 0. The van der Waals surface area contributed by atoms with Crippen LogP contribution < -0.4 is 4.72 Å². The van der Waals surface area contributed by atoms with Crippen molar-refractivity contribution in [3.05, 3.63) is 35.4 Å². The molecule has 1 aromatic rings. The quantitative estimate of drug-likeness (QED) is 0.842. The molecular formula is C16H21NO4S. The summed E-state index contributed by atoms with van der Waals surface area (Å²) in [6, 6.07) is 6.61. The molecule has 6 heteroatoms. The number of benzene rings is 1. The van der Waals surface area contributed by atoms with E-state index in [2.05, 4.69) is 9.46 Å². The summed E-state index contributed by atoms with van der Waals surface area (Å²) in [7, 11) is -2.03. The third-order valence-electron chi connectivity index (χ3n) is 4.80. The van der Waals surface area contributed by atoms with Gasteiger partial charge in [-0.25, -0.2) is 17.9 Å². The van der Waals surface area contributed by atoms with Crippen LogP contribution in [-0.2, 0) is 20.5 Å². The van der Waals surface area contributed by atoms with Gasteiger partial charge in [-0.05, 0) is 48.8 Å². The Kier molecular flexibility index (Phi) is 4.23. The van der Waals surface area contributed by atoms with Gasteiger partial charge in [0.1, 0.15) is 0 Å². The zero-order valence-corrected chi connectivity index (χ0v) is 13.4. The van der Waals surface area contributed by atoms with Crippen molar-refractivity contribution in [2.75, 3.05) is 7.11 Å². The highest BCUT2D eigenvalue weighted by molar-refractivity contribution is 7.88. The van der Waals surface area contributed by atoms with Crippen LogP contribution in [0.3, 0.4) is 0 Å². The molecule has 0 aliphatic heterocycles. The van der Waals surface area contributed by atoms with Crippen molar-refractivity contribution >= 4 is 16.0 Å². The zero-order valence-electron chi connectivity index (χ0n) is 12.6. The highest BCUT2D eigenvalue weighted by Gasteiger charge is 2.41. The monoisotopic (exact) mass is 323 g/mol. The minimum atomic E-state index is -3.35. The SMILES string of the molecule is COC(=O)c1ccc(CS(=O)(=O)NC2CC3CCC2C3)cc1. The van der Waals surface area contributed by atoms with Gasteiger partial charge in [-0.1, -0.05) is 18.6 Å². The maximum absolute atomic E-state index is 12.3. The first-order chi connectivity index (χ1) is 10.5. The molecule has 2 fully saturated rings. The van der Waals surface area contributed by atoms with Crippen molar-refractivity contribution < 1.29 is 17.9 Å². The number of sulfonamides is 1. The number of rotatable bonds is 5. The molecule has 5 nitrogen and oxygen atoms in total. The van der Waals surface area contributed by atoms with E-state index < -0.39 is 16.0 Å². The Hall–Kier alpha value is -1.40. The molecular weight excluding hydrogens is 302 g/mol. The summed E-state index contributed by atoms with van der Waals surface area (Å²) in [5, 5.41) is 0. The lowest BCUT2D eigenvalue weighted by Crippen LogP contribution is -2.39. The number of carbonyl (C=O) groups is 1. The topological polar surface area (TPSA) is 72.5 Å². The lowest BCUT2D eigenvalue weighted by Gasteiger charge is -2.22. The highest BCUT2D eigenvalue weighted by Crippen LogP contribution is 2.44. The van der Waals surface area contributed by atoms with Crippen molar-refractivity contribution in [2.45, 2.75) is 37.5 Å². The molecule has 2 aliphatic carbocycles. The second-order valence-corrected chi connectivity index (χ2v) is 8.10. The van der Waals surface area contributed by atoms with E-state index in [4.69, 9.17) is 0 Å². The minimum Gasteiger partial charge on any atom is -0.465 e. The molecule has 3 atom stereocenters. The number of nitrogens with one attached hydrogen (secondary N) is 1. The average molecular weight is 323 g/mol. The van der Waals surface area contributed by atoms with Gasteiger partial charge in [-0.3, -0.25) is 0 Å². The van der Waals surface area contributed by atoms with Crippen LogP contribution in [0.5, 0.6) is 0 Å². The summed E-state index contributed by atoms with van der Waals surface area (Å²) in [4.78, 5) is 11.4. The Morgan fingerprint density at radius 3 is 2.50 bits per heavy atom. The fraction of sp³-hybridized carbons (Fsp3) is 0.562. The molecule has 120 valence electrons. The Labute approximate surface area is 131 Å². The van der Waals surface area contributed by atoms with Crippen LogP contribution in [0.15, 0.2) is 24.3 Å². The summed E-state index contributed by atoms with van der Waals surface area (Å²) >= 11 is 0. The van der Waals surface area contributed by atoms with Gasteiger partial charge in [-0.2, -0.15) is 0 Å². The molecule has 0 aromatic heterocycles. The van der Waals surface area contributed by atoms with Gasteiger partial charge >= 0.3 is 5.97 Å². The van der Waals surface area contributed by atoms with Crippen molar-refractivity contribution in [2.24, 2.45) is 11.8 Å². The van der Waals surface area contributed by atoms with Gasteiger partial charge in [0.05, 0.1) is 18.4 Å². The van der Waals surface area contributed by atoms with Gasteiger partial charge in [-0.15, -0.1) is 0 Å². The van der Waals surface area contributed by atoms with E-state index in [1.165, 1.54) is 20.0 Å². The van der Waals surface area contributed by atoms with Crippen molar-refractivity contribution in [3.63, 3.8) is 0 Å². The van der Waals surface area contributed by atoms with E-state index in [9.17, 15) is 13.2 Å². The number of ether oxygens (including phenoxy) is 1. The number of fused-ring (bicyclic) bond motifs is 2. The van der Waals surface area contributed by atoms with E-state index in [0.29, 0.717) is 23.0 Å². The molecule has 0 heterocycles. The van der Waals surface area contributed by atoms with Crippen molar-refractivity contribution in [3.8, 4) is 0 Å². The lowest BCUT2D eigenvalue weighted by molar-refractivity contribution is 0.0600. The fourth-order valence-corrected chi connectivity index (χ4v) is 5.20. The zero-order chi connectivity index (χ0) is 15.7. The van der Waals surface area contributed by atoms with Gasteiger partial charge in [0.15, 0.2) is 0 Å². The second-order valence-electron chi connectivity index (χ2n) is 6.35. The standard InChI is InChI=1S/C16H21NO4S/c1-21-16(18)13-5-2-11(3-6-13)10-22(19,20)17-15-9-12-4-7-14(15)8-12/h2-3,5-6,12,14-15,17H,4,7-10H2,1H3. The minimum absolute atomic E-state index is 0.0532. The maximum atomic E-state index is 12.3. The number of carbonyl (C=O) groups excluding carboxylic acids is 1. The molecule has 22 heavy (non-hydrogen) atoms. The summed E-state index contributed by atoms with van der Waals surface area (Å²) in [5.41, 5.74) is 1.09. The van der Waals surface area contributed by atoms with Crippen molar-refractivity contribution in [1.82, 2.24) is 4.72 Å². The van der Waals surface area contributed by atoms with Gasteiger partial charge in [0.2, 0.25) is 10.0 Å². The molecule has 0 amide bonds. The predicted molar refractivity (Wildman–Crippen MR) is 82.8 cm³/mol. The third kappa shape index (κ3) is 3.33. The first kappa shape index (κ1) is 15.5. The summed E-state index contributed by atoms with van der Waals surface area (Å²) < 4.78 is 32.1. The molecule has 0 spiro atoms. The van der Waals surface area contributed by atoms with E-state index in [1.54, 1.807) is 24.3 Å². The van der Waals surface area contributed by atoms with Crippen LogP contribution in [0, 0.1) is 11.8 Å². The average Bonchev–Trinajstić information content (AvgIpc) is 3.08. The highest BCUT2D eigenvalue weighted by atomic mass is 32.2. The first-order valence-corrected chi connectivity index (χ1v) is 9.29. The van der Waals surface area contributed by atoms with Gasteiger partial charge < -0.3 is 4.74 Å². The molecule has 2 saturated carbocycles. The van der Waals surface area contributed by atoms with E-state index >= 15 is 0 Å². The lowest BCUT2D eigenvalue weighted by atomic mass is 9.96. The first-order valence-electron chi connectivity index (χ1n) is 7.64. The fourth-order valence-electron chi connectivity index (χ4n) is 3.74. The Morgan fingerprint density at radius 1 is 1.23 bits per heavy atom. The second kappa shape index (κ2) is 6.01.